The first-order valence-electron chi connectivity index (χ1n) is 5.32. The zero-order valence-corrected chi connectivity index (χ0v) is 10.1. The topological polar surface area (TPSA) is 80.0 Å². The number of carbonyl (C=O) groups is 1. The molecule has 6 heteroatoms. The Hall–Kier alpha value is -1.43. The van der Waals surface area contributed by atoms with Crippen molar-refractivity contribution in [3.05, 3.63) is 11.7 Å². The molecule has 0 radical (unpaired) electrons. The van der Waals surface area contributed by atoms with Crippen molar-refractivity contribution in [1.29, 1.82) is 0 Å². The third kappa shape index (κ3) is 3.98. The van der Waals surface area contributed by atoms with Gasteiger partial charge in [0.2, 0.25) is 11.8 Å². The smallest absolute Gasteiger partial charge is 0.240 e. The van der Waals surface area contributed by atoms with Gasteiger partial charge in [-0.3, -0.25) is 10.1 Å². The summed E-state index contributed by atoms with van der Waals surface area (Å²) in [5.74, 6) is 1.05. The van der Waals surface area contributed by atoms with E-state index >= 15 is 0 Å². The van der Waals surface area contributed by atoms with E-state index in [9.17, 15) is 4.79 Å². The Morgan fingerprint density at radius 1 is 1.44 bits per heavy atom. The molecule has 1 amide bonds. The summed E-state index contributed by atoms with van der Waals surface area (Å²) >= 11 is 0. The minimum Gasteiger partial charge on any atom is -0.353 e. The summed E-state index contributed by atoms with van der Waals surface area (Å²) in [6.45, 7) is 7.79. The van der Waals surface area contributed by atoms with Gasteiger partial charge >= 0.3 is 0 Å². The molecule has 0 saturated carbocycles. The van der Waals surface area contributed by atoms with Gasteiger partial charge in [-0.15, -0.1) is 0 Å². The normalized spacial score (nSPS) is 12.8. The Balaban J connectivity index is 2.34. The zero-order chi connectivity index (χ0) is 12.1. The molecule has 1 unspecified atom stereocenters. The number of nitrogens with zero attached hydrogens (tertiary/aromatic N) is 2. The van der Waals surface area contributed by atoms with Crippen molar-refractivity contribution in [2.24, 2.45) is 0 Å². The van der Waals surface area contributed by atoms with Gasteiger partial charge in [0, 0.05) is 6.04 Å². The molecule has 1 aromatic rings. The third-order valence-corrected chi connectivity index (χ3v) is 1.95. The molecule has 0 saturated heterocycles. The molecule has 1 heterocycles. The van der Waals surface area contributed by atoms with E-state index in [4.69, 9.17) is 4.52 Å². The first kappa shape index (κ1) is 12.6. The standard InChI is InChI=1S/C10H18N4O2/c1-6(2)12-10(15)7(3)11-5-9-13-8(4)14-16-9/h6-7,11H,5H2,1-4H3,(H,12,15). The van der Waals surface area contributed by atoms with Crippen LogP contribution in [0.3, 0.4) is 0 Å². The lowest BCUT2D eigenvalue weighted by atomic mass is 10.3. The number of carbonyl (C=O) groups excluding carboxylic acids is 1. The van der Waals surface area contributed by atoms with Crippen molar-refractivity contribution in [1.82, 2.24) is 20.8 Å². The van der Waals surface area contributed by atoms with E-state index in [1.54, 1.807) is 13.8 Å². The minimum atomic E-state index is -0.283. The molecule has 16 heavy (non-hydrogen) atoms. The fourth-order valence-corrected chi connectivity index (χ4v) is 1.15. The molecule has 0 aliphatic carbocycles. The Morgan fingerprint density at radius 3 is 2.62 bits per heavy atom. The van der Waals surface area contributed by atoms with Crippen LogP contribution < -0.4 is 10.6 Å². The van der Waals surface area contributed by atoms with Crippen LogP contribution in [0.15, 0.2) is 4.52 Å². The average Bonchev–Trinajstić information content (AvgIpc) is 2.59. The third-order valence-electron chi connectivity index (χ3n) is 1.95. The van der Waals surface area contributed by atoms with E-state index in [0.717, 1.165) is 0 Å². The summed E-state index contributed by atoms with van der Waals surface area (Å²) in [7, 11) is 0. The van der Waals surface area contributed by atoms with Crippen LogP contribution in [0, 0.1) is 6.92 Å². The number of hydrogen-bond acceptors (Lipinski definition) is 5. The molecule has 90 valence electrons. The number of rotatable bonds is 5. The minimum absolute atomic E-state index is 0.0359. The highest BCUT2D eigenvalue weighted by Gasteiger charge is 2.14. The summed E-state index contributed by atoms with van der Waals surface area (Å²) in [6.07, 6.45) is 0. The molecule has 2 N–H and O–H groups in total. The van der Waals surface area contributed by atoms with E-state index in [2.05, 4.69) is 20.8 Å². The van der Waals surface area contributed by atoms with Crippen LogP contribution in [-0.2, 0) is 11.3 Å². The van der Waals surface area contributed by atoms with Crippen molar-refractivity contribution < 1.29 is 9.32 Å². The molecule has 0 bridgehead atoms. The lowest BCUT2D eigenvalue weighted by Crippen LogP contribution is -2.44. The van der Waals surface area contributed by atoms with Crippen molar-refractivity contribution in [2.45, 2.75) is 46.3 Å². The molecule has 1 atom stereocenters. The molecule has 0 fully saturated rings. The maximum absolute atomic E-state index is 11.5. The van der Waals surface area contributed by atoms with Gasteiger partial charge in [-0.1, -0.05) is 5.16 Å². The average molecular weight is 226 g/mol. The number of aromatic nitrogens is 2. The number of amides is 1. The Bertz CT molecular complexity index is 348. The van der Waals surface area contributed by atoms with Gasteiger partial charge in [-0.25, -0.2) is 0 Å². The second-order valence-electron chi connectivity index (χ2n) is 4.00. The van der Waals surface area contributed by atoms with Crippen LogP contribution in [0.1, 0.15) is 32.5 Å². The van der Waals surface area contributed by atoms with E-state index in [1.807, 2.05) is 13.8 Å². The second-order valence-corrected chi connectivity index (χ2v) is 4.00. The molecule has 0 aromatic carbocycles. The number of nitrogens with one attached hydrogen (secondary N) is 2. The summed E-state index contributed by atoms with van der Waals surface area (Å²) in [6, 6.07) is -0.142. The van der Waals surface area contributed by atoms with E-state index in [1.165, 1.54) is 0 Å². The molecule has 1 rings (SSSR count). The van der Waals surface area contributed by atoms with Crippen molar-refractivity contribution in [3.63, 3.8) is 0 Å². The van der Waals surface area contributed by atoms with E-state index in [0.29, 0.717) is 18.3 Å². The molecule has 6 nitrogen and oxygen atoms in total. The van der Waals surface area contributed by atoms with Crippen LogP contribution in [0.25, 0.3) is 0 Å². The SMILES string of the molecule is Cc1noc(CNC(C)C(=O)NC(C)C)n1. The fourth-order valence-electron chi connectivity index (χ4n) is 1.15. The van der Waals surface area contributed by atoms with Gasteiger partial charge in [0.25, 0.3) is 0 Å². The van der Waals surface area contributed by atoms with E-state index < -0.39 is 0 Å². The fraction of sp³-hybridized carbons (Fsp3) is 0.700. The van der Waals surface area contributed by atoms with Crippen LogP contribution in [0.4, 0.5) is 0 Å². The number of hydrogen-bond donors (Lipinski definition) is 2. The van der Waals surface area contributed by atoms with Gasteiger partial charge < -0.3 is 9.84 Å². The van der Waals surface area contributed by atoms with Crippen LogP contribution in [-0.4, -0.2) is 28.1 Å². The van der Waals surface area contributed by atoms with Gasteiger partial charge in [0.15, 0.2) is 5.82 Å². The van der Waals surface area contributed by atoms with Gasteiger partial charge in [-0.05, 0) is 27.7 Å². The summed E-state index contributed by atoms with van der Waals surface area (Å²) < 4.78 is 4.92. The highest BCUT2D eigenvalue weighted by atomic mass is 16.5. The first-order valence-corrected chi connectivity index (χ1v) is 5.32. The second kappa shape index (κ2) is 5.60. The lowest BCUT2D eigenvalue weighted by Gasteiger charge is -2.14. The van der Waals surface area contributed by atoms with Gasteiger partial charge in [-0.2, -0.15) is 4.98 Å². The monoisotopic (exact) mass is 226 g/mol. The Kier molecular flexibility index (Phi) is 4.42. The number of aryl methyl sites for hydroxylation is 1. The predicted octanol–water partition coefficient (Wildman–Crippen LogP) is 0.381. The molecular formula is C10H18N4O2. The molecule has 1 aromatic heterocycles. The molecular weight excluding hydrogens is 208 g/mol. The quantitative estimate of drug-likeness (QED) is 0.758. The van der Waals surface area contributed by atoms with E-state index in [-0.39, 0.29) is 18.0 Å². The van der Waals surface area contributed by atoms with Crippen LogP contribution in [0.5, 0.6) is 0 Å². The molecule has 0 aliphatic heterocycles. The largest absolute Gasteiger partial charge is 0.353 e. The summed E-state index contributed by atoms with van der Waals surface area (Å²) in [5, 5.41) is 9.49. The maximum atomic E-state index is 11.5. The maximum Gasteiger partial charge on any atom is 0.240 e. The van der Waals surface area contributed by atoms with Crippen molar-refractivity contribution >= 4 is 5.91 Å². The predicted molar refractivity (Wildman–Crippen MR) is 58.6 cm³/mol. The summed E-state index contributed by atoms with van der Waals surface area (Å²) in [4.78, 5) is 15.6. The Labute approximate surface area is 94.8 Å². The molecule has 0 aliphatic rings. The van der Waals surface area contributed by atoms with Gasteiger partial charge in [0.05, 0.1) is 12.6 Å². The van der Waals surface area contributed by atoms with Crippen molar-refractivity contribution in [3.8, 4) is 0 Å². The molecule has 0 spiro atoms. The van der Waals surface area contributed by atoms with Gasteiger partial charge in [0.1, 0.15) is 0 Å². The summed E-state index contributed by atoms with van der Waals surface area (Å²) in [5.41, 5.74) is 0. The first-order chi connectivity index (χ1) is 7.49. The Morgan fingerprint density at radius 2 is 2.12 bits per heavy atom. The lowest BCUT2D eigenvalue weighted by molar-refractivity contribution is -0.123. The van der Waals surface area contributed by atoms with Crippen molar-refractivity contribution in [2.75, 3.05) is 0 Å². The van der Waals surface area contributed by atoms with Crippen LogP contribution >= 0.6 is 0 Å². The van der Waals surface area contributed by atoms with Crippen LogP contribution in [0.2, 0.25) is 0 Å². The highest BCUT2D eigenvalue weighted by Crippen LogP contribution is 1.96. The highest BCUT2D eigenvalue weighted by molar-refractivity contribution is 5.81. The zero-order valence-electron chi connectivity index (χ0n) is 10.1.